The van der Waals surface area contributed by atoms with E-state index in [0.717, 1.165) is 6.42 Å². The predicted octanol–water partition coefficient (Wildman–Crippen LogP) is 1.05. The lowest BCUT2D eigenvalue weighted by atomic mass is 10.2. The van der Waals surface area contributed by atoms with Gasteiger partial charge in [-0.15, -0.1) is 0 Å². The highest BCUT2D eigenvalue weighted by molar-refractivity contribution is 5.78. The van der Waals surface area contributed by atoms with Gasteiger partial charge < -0.3 is 10.6 Å². The van der Waals surface area contributed by atoms with E-state index in [1.54, 1.807) is 0 Å². The molecule has 0 saturated heterocycles. The Balaban J connectivity index is 2.10. The fourth-order valence-electron chi connectivity index (χ4n) is 1.28. The third-order valence-corrected chi connectivity index (χ3v) is 2.46. The molecule has 0 aliphatic heterocycles. The number of carbonyl (C=O) groups excluding carboxylic acids is 1. The van der Waals surface area contributed by atoms with Crippen molar-refractivity contribution in [1.29, 1.82) is 0 Å². The first kappa shape index (κ1) is 12.3. The molecule has 1 aliphatic rings. The lowest BCUT2D eigenvalue weighted by Crippen LogP contribution is -2.39. The Hall–Kier alpha value is -0.780. The topological polar surface area (TPSA) is 41.1 Å². The van der Waals surface area contributed by atoms with Crippen LogP contribution in [-0.2, 0) is 4.79 Å². The smallest absolute Gasteiger partial charge is 0.352 e. The van der Waals surface area contributed by atoms with Gasteiger partial charge in [-0.25, -0.2) is 0 Å². The largest absolute Gasteiger partial charge is 0.401 e. The Morgan fingerprint density at radius 3 is 2.40 bits per heavy atom. The van der Waals surface area contributed by atoms with Crippen LogP contribution in [0.5, 0.6) is 0 Å². The van der Waals surface area contributed by atoms with Gasteiger partial charge in [0.15, 0.2) is 0 Å². The van der Waals surface area contributed by atoms with Crippen molar-refractivity contribution < 1.29 is 18.0 Å². The second-order valence-corrected chi connectivity index (χ2v) is 4.53. The maximum absolute atomic E-state index is 11.7. The van der Waals surface area contributed by atoms with E-state index >= 15 is 0 Å². The molecule has 1 fully saturated rings. The van der Waals surface area contributed by atoms with Gasteiger partial charge in [0, 0.05) is 6.04 Å². The normalized spacial score (nSPS) is 23.7. The summed E-state index contributed by atoms with van der Waals surface area (Å²) in [5, 5.41) is 4.71. The van der Waals surface area contributed by atoms with Crippen LogP contribution in [0.25, 0.3) is 0 Å². The fourth-order valence-corrected chi connectivity index (χ4v) is 1.28. The van der Waals surface area contributed by atoms with E-state index in [1.165, 1.54) is 0 Å². The molecule has 0 bridgehead atoms. The summed E-state index contributed by atoms with van der Waals surface area (Å²) in [7, 11) is 0. The molecule has 1 rings (SSSR count). The SMILES string of the molecule is CC1(C)CC1NC(=O)CNCC(F)(F)F. The van der Waals surface area contributed by atoms with Crippen molar-refractivity contribution in [3.63, 3.8) is 0 Å². The maximum atomic E-state index is 11.7. The quantitative estimate of drug-likeness (QED) is 0.749. The summed E-state index contributed by atoms with van der Waals surface area (Å²) in [6, 6.07) is 0.109. The van der Waals surface area contributed by atoms with Crippen molar-refractivity contribution >= 4 is 5.91 Å². The number of alkyl halides is 3. The molecule has 1 amide bonds. The highest BCUT2D eigenvalue weighted by atomic mass is 19.4. The Morgan fingerprint density at radius 2 is 2.00 bits per heavy atom. The van der Waals surface area contributed by atoms with Gasteiger partial charge in [0.25, 0.3) is 0 Å². The molecule has 0 aromatic carbocycles. The van der Waals surface area contributed by atoms with E-state index in [-0.39, 0.29) is 23.9 Å². The van der Waals surface area contributed by atoms with Crippen molar-refractivity contribution in [2.75, 3.05) is 13.1 Å². The number of carbonyl (C=O) groups is 1. The minimum atomic E-state index is -4.26. The number of halogens is 3. The molecule has 1 unspecified atom stereocenters. The summed E-state index contributed by atoms with van der Waals surface area (Å²) in [6.45, 7) is 2.59. The number of amides is 1. The zero-order chi connectivity index (χ0) is 11.7. The molecular weight excluding hydrogens is 209 g/mol. The number of rotatable bonds is 4. The van der Waals surface area contributed by atoms with Gasteiger partial charge in [0.2, 0.25) is 5.91 Å². The Kier molecular flexibility index (Phi) is 3.28. The summed E-state index contributed by atoms with van der Waals surface area (Å²) in [6.07, 6.45) is -3.38. The number of nitrogens with one attached hydrogen (secondary N) is 2. The van der Waals surface area contributed by atoms with Crippen molar-refractivity contribution in [1.82, 2.24) is 10.6 Å². The molecule has 2 N–H and O–H groups in total. The minimum absolute atomic E-state index is 0.0969. The van der Waals surface area contributed by atoms with Crippen molar-refractivity contribution in [3.8, 4) is 0 Å². The Morgan fingerprint density at radius 1 is 1.47 bits per heavy atom. The number of hydrogen-bond acceptors (Lipinski definition) is 2. The Bertz CT molecular complexity index is 250. The molecule has 3 nitrogen and oxygen atoms in total. The summed E-state index contributed by atoms with van der Waals surface area (Å²) < 4.78 is 35.1. The van der Waals surface area contributed by atoms with Gasteiger partial charge in [0.1, 0.15) is 0 Å². The van der Waals surface area contributed by atoms with E-state index < -0.39 is 12.7 Å². The molecule has 0 radical (unpaired) electrons. The molecule has 0 spiro atoms. The standard InChI is InChI=1S/C9H15F3N2O/c1-8(2)3-6(8)14-7(15)4-13-5-9(10,11)12/h6,13H,3-5H2,1-2H3,(H,14,15). The Labute approximate surface area is 86.4 Å². The fraction of sp³-hybridized carbons (Fsp3) is 0.889. The average molecular weight is 224 g/mol. The molecule has 88 valence electrons. The van der Waals surface area contributed by atoms with Gasteiger partial charge in [-0.2, -0.15) is 13.2 Å². The summed E-state index contributed by atoms with van der Waals surface area (Å²) in [5.74, 6) is -0.380. The zero-order valence-electron chi connectivity index (χ0n) is 8.74. The molecule has 0 aromatic heterocycles. The molecule has 15 heavy (non-hydrogen) atoms. The summed E-state index contributed by atoms with van der Waals surface area (Å²) in [5.41, 5.74) is 0.0969. The second-order valence-electron chi connectivity index (χ2n) is 4.53. The van der Waals surface area contributed by atoms with Crippen LogP contribution in [0.15, 0.2) is 0 Å². The lowest BCUT2D eigenvalue weighted by molar-refractivity contribution is -0.128. The van der Waals surface area contributed by atoms with Crippen LogP contribution in [0, 0.1) is 5.41 Å². The molecule has 0 heterocycles. The van der Waals surface area contributed by atoms with Gasteiger partial charge in [-0.05, 0) is 11.8 Å². The first-order valence-corrected chi connectivity index (χ1v) is 4.77. The van der Waals surface area contributed by atoms with Crippen LogP contribution in [-0.4, -0.2) is 31.2 Å². The summed E-state index contributed by atoms with van der Waals surface area (Å²) in [4.78, 5) is 11.1. The van der Waals surface area contributed by atoms with Crippen LogP contribution >= 0.6 is 0 Å². The molecule has 1 saturated carbocycles. The van der Waals surface area contributed by atoms with Crippen LogP contribution < -0.4 is 10.6 Å². The highest BCUT2D eigenvalue weighted by Crippen LogP contribution is 2.44. The number of hydrogen-bond donors (Lipinski definition) is 2. The summed E-state index contributed by atoms with van der Waals surface area (Å²) >= 11 is 0. The van der Waals surface area contributed by atoms with Crippen LogP contribution in [0.4, 0.5) is 13.2 Å². The van der Waals surface area contributed by atoms with E-state index in [9.17, 15) is 18.0 Å². The monoisotopic (exact) mass is 224 g/mol. The van der Waals surface area contributed by atoms with Crippen LogP contribution in [0.1, 0.15) is 20.3 Å². The average Bonchev–Trinajstić information content (AvgIpc) is 2.55. The molecular formula is C9H15F3N2O. The second kappa shape index (κ2) is 4.00. The highest BCUT2D eigenvalue weighted by Gasteiger charge is 2.46. The van der Waals surface area contributed by atoms with Crippen molar-refractivity contribution in [2.24, 2.45) is 5.41 Å². The van der Waals surface area contributed by atoms with E-state index in [4.69, 9.17) is 0 Å². The lowest BCUT2D eigenvalue weighted by Gasteiger charge is -2.09. The predicted molar refractivity (Wildman–Crippen MR) is 49.3 cm³/mol. The molecule has 0 aromatic rings. The van der Waals surface area contributed by atoms with Gasteiger partial charge in [-0.3, -0.25) is 4.79 Å². The van der Waals surface area contributed by atoms with Crippen molar-refractivity contribution in [2.45, 2.75) is 32.5 Å². The first-order chi connectivity index (χ1) is 6.71. The third kappa shape index (κ3) is 4.51. The molecule has 1 aliphatic carbocycles. The van der Waals surface area contributed by atoms with Gasteiger partial charge in [-0.1, -0.05) is 13.8 Å². The first-order valence-electron chi connectivity index (χ1n) is 4.77. The minimum Gasteiger partial charge on any atom is -0.352 e. The van der Waals surface area contributed by atoms with Crippen LogP contribution in [0.3, 0.4) is 0 Å². The molecule has 1 atom stereocenters. The van der Waals surface area contributed by atoms with Gasteiger partial charge >= 0.3 is 6.18 Å². The van der Waals surface area contributed by atoms with E-state index in [1.807, 2.05) is 19.2 Å². The van der Waals surface area contributed by atoms with Gasteiger partial charge in [0.05, 0.1) is 13.1 Å². The molecule has 6 heteroatoms. The third-order valence-electron chi connectivity index (χ3n) is 2.46. The van der Waals surface area contributed by atoms with Crippen LogP contribution in [0.2, 0.25) is 0 Å². The van der Waals surface area contributed by atoms with E-state index in [0.29, 0.717) is 0 Å². The van der Waals surface area contributed by atoms with Crippen molar-refractivity contribution in [3.05, 3.63) is 0 Å². The zero-order valence-corrected chi connectivity index (χ0v) is 8.74. The maximum Gasteiger partial charge on any atom is 0.401 e. The van der Waals surface area contributed by atoms with E-state index in [2.05, 4.69) is 5.32 Å².